The minimum atomic E-state index is -0.904. The minimum absolute atomic E-state index is 0.158. The molecule has 1 heterocycles. The molecular weight excluding hydrogens is 484 g/mol. The Morgan fingerprint density at radius 3 is 2.05 bits per heavy atom. The van der Waals surface area contributed by atoms with Crippen molar-refractivity contribution in [3.63, 3.8) is 0 Å². The van der Waals surface area contributed by atoms with Gasteiger partial charge in [0.05, 0.1) is 29.9 Å². The molecule has 1 saturated heterocycles. The molecule has 0 aliphatic carbocycles. The molecule has 4 rings (SSSR count). The van der Waals surface area contributed by atoms with Crippen molar-refractivity contribution in [2.24, 2.45) is 0 Å². The number of aliphatic hydroxyl groups excluding tert-OH is 1. The Morgan fingerprint density at radius 1 is 0.868 bits per heavy atom. The zero-order valence-corrected chi connectivity index (χ0v) is 21.1. The Hall–Kier alpha value is -3.78. The Kier molecular flexibility index (Phi) is 9.81. The van der Waals surface area contributed by atoms with Crippen LogP contribution in [-0.4, -0.2) is 54.2 Å². The molecule has 198 valence electrons. The first-order chi connectivity index (χ1) is 18.5. The summed E-state index contributed by atoms with van der Waals surface area (Å²) in [5, 5.41) is 11.0. The van der Waals surface area contributed by atoms with Crippen molar-refractivity contribution in [3.8, 4) is 0 Å². The van der Waals surface area contributed by atoms with Crippen LogP contribution < -0.4 is 0 Å². The molecular formula is C31H32O7. The SMILES string of the molecule is C=CCC1OC(CC(COC(=O)c2ccccc2)OC(=O)c2ccccc2)C(OCc2ccccc2)[C@H]1O. The molecule has 0 spiro atoms. The summed E-state index contributed by atoms with van der Waals surface area (Å²) in [6.07, 6.45) is -1.28. The van der Waals surface area contributed by atoms with Crippen LogP contribution in [0.4, 0.5) is 0 Å². The number of aliphatic hydroxyl groups is 1. The van der Waals surface area contributed by atoms with Crippen LogP contribution in [0.3, 0.4) is 0 Å². The van der Waals surface area contributed by atoms with E-state index in [1.54, 1.807) is 66.7 Å². The van der Waals surface area contributed by atoms with Crippen molar-refractivity contribution in [2.75, 3.05) is 6.61 Å². The van der Waals surface area contributed by atoms with E-state index in [1.165, 1.54) is 0 Å². The largest absolute Gasteiger partial charge is 0.458 e. The Balaban J connectivity index is 1.49. The third kappa shape index (κ3) is 7.38. The van der Waals surface area contributed by atoms with Crippen LogP contribution in [0.2, 0.25) is 0 Å². The van der Waals surface area contributed by atoms with Crippen LogP contribution in [0.15, 0.2) is 104 Å². The summed E-state index contributed by atoms with van der Waals surface area (Å²) < 4.78 is 23.5. The van der Waals surface area contributed by atoms with Crippen LogP contribution in [-0.2, 0) is 25.6 Å². The number of carbonyl (C=O) groups is 2. The van der Waals surface area contributed by atoms with Crippen molar-refractivity contribution >= 4 is 11.9 Å². The van der Waals surface area contributed by atoms with E-state index in [0.29, 0.717) is 17.5 Å². The maximum atomic E-state index is 12.9. The summed E-state index contributed by atoms with van der Waals surface area (Å²) in [5.41, 5.74) is 1.72. The van der Waals surface area contributed by atoms with Gasteiger partial charge in [-0.25, -0.2) is 9.59 Å². The van der Waals surface area contributed by atoms with Gasteiger partial charge in [0.1, 0.15) is 24.9 Å². The molecule has 5 atom stereocenters. The molecule has 1 N–H and O–H groups in total. The lowest BCUT2D eigenvalue weighted by Crippen LogP contribution is -2.38. The van der Waals surface area contributed by atoms with E-state index >= 15 is 0 Å². The molecule has 0 bridgehead atoms. The standard InChI is InChI=1S/C31H32O7/c1-2-12-26-28(32)29(35-20-22-13-6-3-7-14-22)27(38-26)19-25(37-31(34)24-17-10-5-11-18-24)21-36-30(33)23-15-8-4-9-16-23/h2-11,13-18,25-29,32H,1,12,19-21H2/t25?,26?,27?,28-,29?/m0/s1. The van der Waals surface area contributed by atoms with Gasteiger partial charge in [0, 0.05) is 6.42 Å². The molecule has 0 amide bonds. The number of esters is 2. The predicted octanol–water partition coefficient (Wildman–Crippen LogP) is 4.75. The second-order valence-corrected chi connectivity index (χ2v) is 9.08. The monoisotopic (exact) mass is 516 g/mol. The zero-order valence-electron chi connectivity index (χ0n) is 21.1. The molecule has 38 heavy (non-hydrogen) atoms. The highest BCUT2D eigenvalue weighted by Crippen LogP contribution is 2.31. The fraction of sp³-hybridized carbons (Fsp3) is 0.290. The summed E-state index contributed by atoms with van der Waals surface area (Å²) in [4.78, 5) is 25.5. The Morgan fingerprint density at radius 2 is 1.45 bits per heavy atom. The number of benzene rings is 3. The van der Waals surface area contributed by atoms with E-state index in [0.717, 1.165) is 5.56 Å². The Labute approximate surface area is 222 Å². The van der Waals surface area contributed by atoms with E-state index in [2.05, 4.69) is 6.58 Å². The van der Waals surface area contributed by atoms with Crippen molar-refractivity contribution in [3.05, 3.63) is 120 Å². The smallest absolute Gasteiger partial charge is 0.338 e. The van der Waals surface area contributed by atoms with Gasteiger partial charge in [-0.05, 0) is 36.2 Å². The van der Waals surface area contributed by atoms with Crippen molar-refractivity contribution in [1.29, 1.82) is 0 Å². The molecule has 7 heteroatoms. The summed E-state index contributed by atoms with van der Waals surface area (Å²) in [6.45, 7) is 3.85. The number of carbonyl (C=O) groups excluding carboxylic acids is 2. The summed E-state index contributed by atoms with van der Waals surface area (Å²) in [6, 6.07) is 26.8. The van der Waals surface area contributed by atoms with E-state index < -0.39 is 42.5 Å². The van der Waals surface area contributed by atoms with Gasteiger partial charge < -0.3 is 24.1 Å². The quantitative estimate of drug-likeness (QED) is 0.274. The highest BCUT2D eigenvalue weighted by Gasteiger charge is 2.45. The molecule has 0 saturated carbocycles. The summed E-state index contributed by atoms with van der Waals surface area (Å²) in [5.74, 6) is -1.07. The third-order valence-electron chi connectivity index (χ3n) is 6.31. The van der Waals surface area contributed by atoms with E-state index in [9.17, 15) is 14.7 Å². The minimum Gasteiger partial charge on any atom is -0.458 e. The van der Waals surface area contributed by atoms with Crippen LogP contribution in [0, 0.1) is 0 Å². The van der Waals surface area contributed by atoms with E-state index in [4.69, 9.17) is 18.9 Å². The second kappa shape index (κ2) is 13.7. The van der Waals surface area contributed by atoms with Crippen LogP contribution >= 0.6 is 0 Å². The highest BCUT2D eigenvalue weighted by atomic mass is 16.6. The van der Waals surface area contributed by atoms with Crippen molar-refractivity contribution in [1.82, 2.24) is 0 Å². The van der Waals surface area contributed by atoms with Gasteiger partial charge in [-0.15, -0.1) is 6.58 Å². The Bertz CT molecular complexity index is 1170. The number of hydrogen-bond donors (Lipinski definition) is 1. The molecule has 1 aliphatic heterocycles. The van der Waals surface area contributed by atoms with Crippen LogP contribution in [0.25, 0.3) is 0 Å². The van der Waals surface area contributed by atoms with E-state index in [-0.39, 0.29) is 19.6 Å². The summed E-state index contributed by atoms with van der Waals surface area (Å²) in [7, 11) is 0. The summed E-state index contributed by atoms with van der Waals surface area (Å²) >= 11 is 0. The zero-order chi connectivity index (χ0) is 26.7. The first-order valence-electron chi connectivity index (χ1n) is 12.6. The molecule has 4 unspecified atom stereocenters. The fourth-order valence-electron chi connectivity index (χ4n) is 4.36. The van der Waals surface area contributed by atoms with Crippen molar-refractivity contribution < 1.29 is 33.6 Å². The normalized spacial score (nSPS) is 21.4. The lowest BCUT2D eigenvalue weighted by atomic mass is 10.0. The number of rotatable bonds is 12. The average molecular weight is 517 g/mol. The molecule has 0 aromatic heterocycles. The van der Waals surface area contributed by atoms with Gasteiger partial charge >= 0.3 is 11.9 Å². The maximum Gasteiger partial charge on any atom is 0.338 e. The molecule has 0 radical (unpaired) electrons. The highest BCUT2D eigenvalue weighted by molar-refractivity contribution is 5.90. The van der Waals surface area contributed by atoms with Crippen molar-refractivity contribution in [2.45, 2.75) is 50.0 Å². The first-order valence-corrected chi connectivity index (χ1v) is 12.6. The van der Waals surface area contributed by atoms with Gasteiger partial charge in [-0.3, -0.25) is 0 Å². The molecule has 3 aromatic carbocycles. The maximum absolute atomic E-state index is 12.9. The van der Waals surface area contributed by atoms with Gasteiger partial charge in [0.2, 0.25) is 0 Å². The lowest BCUT2D eigenvalue weighted by Gasteiger charge is -2.25. The third-order valence-corrected chi connectivity index (χ3v) is 6.31. The molecule has 3 aromatic rings. The first kappa shape index (κ1) is 27.3. The molecule has 1 fully saturated rings. The van der Waals surface area contributed by atoms with Gasteiger partial charge in [-0.1, -0.05) is 72.8 Å². The second-order valence-electron chi connectivity index (χ2n) is 9.08. The van der Waals surface area contributed by atoms with E-state index in [1.807, 2.05) is 30.3 Å². The van der Waals surface area contributed by atoms with Crippen LogP contribution in [0.1, 0.15) is 39.1 Å². The average Bonchev–Trinajstić information content (AvgIpc) is 3.25. The molecule has 1 aliphatic rings. The van der Waals surface area contributed by atoms with Gasteiger partial charge in [0.15, 0.2) is 0 Å². The van der Waals surface area contributed by atoms with Crippen LogP contribution in [0.5, 0.6) is 0 Å². The molecule has 7 nitrogen and oxygen atoms in total. The van der Waals surface area contributed by atoms with Gasteiger partial charge in [-0.2, -0.15) is 0 Å². The number of hydrogen-bond acceptors (Lipinski definition) is 7. The van der Waals surface area contributed by atoms with Gasteiger partial charge in [0.25, 0.3) is 0 Å². The number of ether oxygens (including phenoxy) is 4. The topological polar surface area (TPSA) is 91.3 Å². The predicted molar refractivity (Wildman–Crippen MR) is 141 cm³/mol. The fourth-order valence-corrected chi connectivity index (χ4v) is 4.36. The lowest BCUT2D eigenvalue weighted by molar-refractivity contribution is -0.0690.